The molecule has 31 heavy (non-hydrogen) atoms. The Bertz CT molecular complexity index is 1210. The summed E-state index contributed by atoms with van der Waals surface area (Å²) in [6.45, 7) is 0. The number of hydrogen-bond acceptors (Lipinski definition) is 7. The molecule has 0 bridgehead atoms. The number of nitro groups is 1. The van der Waals surface area contributed by atoms with Gasteiger partial charge in [-0.15, -0.1) is 10.2 Å². The van der Waals surface area contributed by atoms with E-state index in [0.717, 1.165) is 11.3 Å². The Balaban J connectivity index is 1.55. The number of non-ortho nitro benzene ring substituents is 1. The van der Waals surface area contributed by atoms with Gasteiger partial charge in [-0.3, -0.25) is 24.5 Å². The van der Waals surface area contributed by atoms with Gasteiger partial charge in [0, 0.05) is 41.5 Å². The molecule has 2 aromatic heterocycles. The maximum atomic E-state index is 12.4. The van der Waals surface area contributed by atoms with Crippen LogP contribution in [0.25, 0.3) is 17.1 Å². The summed E-state index contributed by atoms with van der Waals surface area (Å²) in [5, 5.41) is 22.7. The zero-order valence-electron chi connectivity index (χ0n) is 16.1. The van der Waals surface area contributed by atoms with Gasteiger partial charge in [-0.1, -0.05) is 36.0 Å². The maximum absolute atomic E-state index is 12.4. The van der Waals surface area contributed by atoms with Crippen LogP contribution in [0, 0.1) is 10.1 Å². The average molecular weight is 432 g/mol. The Morgan fingerprint density at radius 1 is 1.06 bits per heavy atom. The molecule has 154 valence electrons. The molecular weight excluding hydrogens is 416 g/mol. The summed E-state index contributed by atoms with van der Waals surface area (Å²) in [6.07, 6.45) is 3.38. The number of nitrogens with one attached hydrogen (secondary N) is 1. The Morgan fingerprint density at radius 2 is 1.90 bits per heavy atom. The van der Waals surface area contributed by atoms with Crippen molar-refractivity contribution in [2.75, 3.05) is 11.1 Å². The van der Waals surface area contributed by atoms with Crippen LogP contribution in [0.3, 0.4) is 0 Å². The average Bonchev–Trinajstić information content (AvgIpc) is 3.23. The normalized spacial score (nSPS) is 10.6. The molecule has 1 N–H and O–H groups in total. The van der Waals surface area contributed by atoms with Gasteiger partial charge in [0.15, 0.2) is 11.0 Å². The van der Waals surface area contributed by atoms with Crippen molar-refractivity contribution >= 4 is 29.0 Å². The summed E-state index contributed by atoms with van der Waals surface area (Å²) in [5.41, 5.74) is 1.93. The highest BCUT2D eigenvalue weighted by Crippen LogP contribution is 2.27. The van der Waals surface area contributed by atoms with E-state index in [1.165, 1.54) is 30.0 Å². The number of thioether (sulfide) groups is 1. The van der Waals surface area contributed by atoms with Gasteiger partial charge in [-0.25, -0.2) is 0 Å². The van der Waals surface area contributed by atoms with E-state index in [-0.39, 0.29) is 17.3 Å². The summed E-state index contributed by atoms with van der Waals surface area (Å²) in [4.78, 5) is 27.0. The fraction of sp³-hybridized carbons (Fsp3) is 0.0476. The predicted octanol–water partition coefficient (Wildman–Crippen LogP) is 3.97. The number of pyridine rings is 1. The first-order valence-corrected chi connectivity index (χ1v) is 10.2. The Morgan fingerprint density at radius 3 is 2.65 bits per heavy atom. The number of nitrogens with zero attached hydrogens (tertiary/aromatic N) is 5. The van der Waals surface area contributed by atoms with Gasteiger partial charge in [0.1, 0.15) is 0 Å². The van der Waals surface area contributed by atoms with Crippen LogP contribution < -0.4 is 5.32 Å². The minimum absolute atomic E-state index is 0.0562. The Labute approximate surface area is 181 Å². The summed E-state index contributed by atoms with van der Waals surface area (Å²) < 4.78 is 1.86. The summed E-state index contributed by atoms with van der Waals surface area (Å²) in [7, 11) is 0. The summed E-state index contributed by atoms with van der Waals surface area (Å²) in [6, 6.07) is 19.1. The molecule has 0 saturated heterocycles. The van der Waals surface area contributed by atoms with Crippen LogP contribution in [0.5, 0.6) is 0 Å². The third kappa shape index (κ3) is 4.75. The zero-order chi connectivity index (χ0) is 21.6. The highest BCUT2D eigenvalue weighted by atomic mass is 32.2. The lowest BCUT2D eigenvalue weighted by molar-refractivity contribution is -0.384. The Kier molecular flexibility index (Phi) is 5.99. The van der Waals surface area contributed by atoms with Crippen LogP contribution in [0.1, 0.15) is 0 Å². The van der Waals surface area contributed by atoms with E-state index >= 15 is 0 Å². The van der Waals surface area contributed by atoms with Gasteiger partial charge in [0.25, 0.3) is 5.69 Å². The topological polar surface area (TPSA) is 116 Å². The molecule has 0 aliphatic heterocycles. The largest absolute Gasteiger partial charge is 0.325 e. The SMILES string of the molecule is O=C(CSc1nnc(-c2cccnc2)n1-c1ccccc1)Nc1cccc([N+](=O)[O-])c1. The zero-order valence-corrected chi connectivity index (χ0v) is 16.9. The number of hydrogen-bond donors (Lipinski definition) is 1. The molecule has 0 atom stereocenters. The second-order valence-corrected chi connectivity index (χ2v) is 7.31. The Hall–Kier alpha value is -4.05. The van der Waals surface area contributed by atoms with Crippen LogP contribution in [0.2, 0.25) is 0 Å². The van der Waals surface area contributed by atoms with Gasteiger partial charge >= 0.3 is 0 Å². The fourth-order valence-corrected chi connectivity index (χ4v) is 3.63. The number of rotatable bonds is 7. The number of anilines is 1. The van der Waals surface area contributed by atoms with Crippen LogP contribution in [-0.4, -0.2) is 36.3 Å². The van der Waals surface area contributed by atoms with Crippen molar-refractivity contribution in [2.24, 2.45) is 0 Å². The van der Waals surface area contributed by atoms with E-state index in [1.807, 2.05) is 47.0 Å². The molecule has 4 aromatic rings. The van der Waals surface area contributed by atoms with Crippen molar-refractivity contribution in [3.63, 3.8) is 0 Å². The lowest BCUT2D eigenvalue weighted by Gasteiger charge is -2.10. The minimum atomic E-state index is -0.507. The molecule has 9 nitrogen and oxygen atoms in total. The van der Waals surface area contributed by atoms with Crippen molar-refractivity contribution in [3.8, 4) is 17.1 Å². The van der Waals surface area contributed by atoms with E-state index in [0.29, 0.717) is 16.7 Å². The number of carbonyl (C=O) groups is 1. The highest BCUT2D eigenvalue weighted by Gasteiger charge is 2.17. The molecule has 4 rings (SSSR count). The van der Waals surface area contributed by atoms with Gasteiger partial charge in [0.2, 0.25) is 5.91 Å². The second kappa shape index (κ2) is 9.18. The molecule has 0 fully saturated rings. The fourth-order valence-electron chi connectivity index (χ4n) is 2.88. The maximum Gasteiger partial charge on any atom is 0.271 e. The van der Waals surface area contributed by atoms with Crippen LogP contribution >= 0.6 is 11.8 Å². The molecule has 1 amide bonds. The first kappa shape index (κ1) is 20.2. The predicted molar refractivity (Wildman–Crippen MR) is 117 cm³/mol. The number of para-hydroxylation sites is 1. The standard InChI is InChI=1S/C21H16N6O3S/c28-19(23-16-7-4-10-18(12-16)27(29)30)14-31-21-25-24-20(15-6-5-11-22-13-15)26(21)17-8-2-1-3-9-17/h1-13H,14H2,(H,23,28). The van der Waals surface area contributed by atoms with Gasteiger partial charge in [-0.05, 0) is 30.3 Å². The summed E-state index contributed by atoms with van der Waals surface area (Å²) in [5.74, 6) is 0.359. The van der Waals surface area contributed by atoms with E-state index in [1.54, 1.807) is 18.5 Å². The van der Waals surface area contributed by atoms with Crippen molar-refractivity contribution < 1.29 is 9.72 Å². The van der Waals surface area contributed by atoms with Crippen LogP contribution in [0.15, 0.2) is 84.3 Å². The van der Waals surface area contributed by atoms with Crippen LogP contribution in [-0.2, 0) is 4.79 Å². The molecule has 2 heterocycles. The second-order valence-electron chi connectivity index (χ2n) is 6.36. The summed E-state index contributed by atoms with van der Waals surface area (Å²) >= 11 is 1.22. The monoisotopic (exact) mass is 432 g/mol. The smallest absolute Gasteiger partial charge is 0.271 e. The molecule has 0 radical (unpaired) electrons. The number of carbonyl (C=O) groups excluding carboxylic acids is 1. The van der Waals surface area contributed by atoms with E-state index in [4.69, 9.17) is 0 Å². The van der Waals surface area contributed by atoms with Gasteiger partial charge < -0.3 is 5.32 Å². The highest BCUT2D eigenvalue weighted by molar-refractivity contribution is 7.99. The van der Waals surface area contributed by atoms with Gasteiger partial charge in [-0.2, -0.15) is 0 Å². The number of aromatic nitrogens is 4. The van der Waals surface area contributed by atoms with E-state index in [2.05, 4.69) is 20.5 Å². The molecule has 0 aliphatic carbocycles. The van der Waals surface area contributed by atoms with Crippen molar-refractivity contribution in [3.05, 3.63) is 89.2 Å². The first-order chi connectivity index (χ1) is 15.1. The van der Waals surface area contributed by atoms with E-state index in [9.17, 15) is 14.9 Å². The lowest BCUT2D eigenvalue weighted by atomic mass is 10.2. The number of benzene rings is 2. The molecular formula is C21H16N6O3S. The van der Waals surface area contributed by atoms with Crippen molar-refractivity contribution in [2.45, 2.75) is 5.16 Å². The molecule has 0 unspecified atom stereocenters. The number of nitro benzene ring substituents is 1. The lowest BCUT2D eigenvalue weighted by Crippen LogP contribution is -2.14. The van der Waals surface area contributed by atoms with Crippen molar-refractivity contribution in [1.82, 2.24) is 19.7 Å². The molecule has 0 saturated carbocycles. The first-order valence-electron chi connectivity index (χ1n) is 9.20. The quantitative estimate of drug-likeness (QED) is 0.267. The van der Waals surface area contributed by atoms with Crippen molar-refractivity contribution in [1.29, 1.82) is 0 Å². The van der Waals surface area contributed by atoms with E-state index < -0.39 is 4.92 Å². The minimum Gasteiger partial charge on any atom is -0.325 e. The third-order valence-corrected chi connectivity index (χ3v) is 5.17. The molecule has 0 spiro atoms. The van der Waals surface area contributed by atoms with Crippen LogP contribution in [0.4, 0.5) is 11.4 Å². The van der Waals surface area contributed by atoms with Gasteiger partial charge in [0.05, 0.1) is 10.7 Å². The third-order valence-electron chi connectivity index (χ3n) is 4.24. The number of amides is 1. The molecule has 2 aromatic carbocycles. The molecule has 10 heteroatoms. The molecule has 0 aliphatic rings.